The Hall–Kier alpha value is -1.15. The number of rotatable bonds is 4. The molecule has 0 fully saturated rings. The molecule has 0 aromatic heterocycles. The SMILES string of the molecule is COc1cc(NCC2CC(C)=CC(C)C2)ccc1Cl. The Morgan fingerprint density at radius 1 is 1.42 bits per heavy atom. The van der Waals surface area contributed by atoms with Gasteiger partial charge in [0.2, 0.25) is 0 Å². The Morgan fingerprint density at radius 3 is 2.89 bits per heavy atom. The van der Waals surface area contributed by atoms with Gasteiger partial charge in [-0.1, -0.05) is 30.2 Å². The number of ether oxygens (including phenoxy) is 1. The van der Waals surface area contributed by atoms with Crippen molar-refractivity contribution in [2.24, 2.45) is 11.8 Å². The van der Waals surface area contributed by atoms with E-state index in [1.165, 1.54) is 18.4 Å². The van der Waals surface area contributed by atoms with Gasteiger partial charge in [-0.15, -0.1) is 0 Å². The van der Waals surface area contributed by atoms with Gasteiger partial charge in [-0.05, 0) is 43.7 Å². The van der Waals surface area contributed by atoms with Crippen molar-refractivity contribution in [3.05, 3.63) is 34.9 Å². The quantitative estimate of drug-likeness (QED) is 0.803. The minimum atomic E-state index is 0.651. The van der Waals surface area contributed by atoms with E-state index in [4.69, 9.17) is 16.3 Å². The maximum atomic E-state index is 6.02. The molecule has 1 aromatic carbocycles. The van der Waals surface area contributed by atoms with Crippen LogP contribution < -0.4 is 10.1 Å². The third kappa shape index (κ3) is 3.90. The fraction of sp³-hybridized carbons (Fsp3) is 0.500. The second-order valence-corrected chi connectivity index (χ2v) is 5.93. The van der Waals surface area contributed by atoms with Gasteiger partial charge in [0.1, 0.15) is 5.75 Å². The number of hydrogen-bond donors (Lipinski definition) is 1. The van der Waals surface area contributed by atoms with Gasteiger partial charge in [-0.3, -0.25) is 0 Å². The zero-order chi connectivity index (χ0) is 13.8. The van der Waals surface area contributed by atoms with E-state index in [0.29, 0.717) is 16.9 Å². The third-order valence-corrected chi connectivity index (χ3v) is 3.94. The highest BCUT2D eigenvalue weighted by Gasteiger charge is 2.17. The van der Waals surface area contributed by atoms with Gasteiger partial charge in [0.25, 0.3) is 0 Å². The lowest BCUT2D eigenvalue weighted by Gasteiger charge is -2.26. The van der Waals surface area contributed by atoms with Gasteiger partial charge in [-0.25, -0.2) is 0 Å². The van der Waals surface area contributed by atoms with E-state index < -0.39 is 0 Å². The topological polar surface area (TPSA) is 21.3 Å². The van der Waals surface area contributed by atoms with E-state index in [2.05, 4.69) is 25.2 Å². The molecule has 2 rings (SSSR count). The molecular formula is C16H22ClNO. The highest BCUT2D eigenvalue weighted by atomic mass is 35.5. The van der Waals surface area contributed by atoms with E-state index in [0.717, 1.165) is 18.0 Å². The van der Waals surface area contributed by atoms with Crippen LogP contribution in [0, 0.1) is 11.8 Å². The lowest BCUT2D eigenvalue weighted by molar-refractivity contribution is 0.414. The highest BCUT2D eigenvalue weighted by Crippen LogP contribution is 2.30. The zero-order valence-electron chi connectivity index (χ0n) is 11.9. The number of nitrogens with one attached hydrogen (secondary N) is 1. The molecule has 19 heavy (non-hydrogen) atoms. The van der Waals surface area contributed by atoms with Gasteiger partial charge in [-0.2, -0.15) is 0 Å². The monoisotopic (exact) mass is 279 g/mol. The van der Waals surface area contributed by atoms with Crippen molar-refractivity contribution in [3.63, 3.8) is 0 Å². The number of allylic oxidation sites excluding steroid dienone is 2. The van der Waals surface area contributed by atoms with E-state index in [1.54, 1.807) is 7.11 Å². The molecule has 0 radical (unpaired) electrons. The summed E-state index contributed by atoms with van der Waals surface area (Å²) in [5, 5.41) is 4.14. The summed E-state index contributed by atoms with van der Waals surface area (Å²) in [5.41, 5.74) is 2.58. The Balaban J connectivity index is 1.94. The Labute approximate surface area is 120 Å². The van der Waals surface area contributed by atoms with Gasteiger partial charge >= 0.3 is 0 Å². The molecule has 104 valence electrons. The van der Waals surface area contributed by atoms with Crippen molar-refractivity contribution in [3.8, 4) is 5.75 Å². The first kappa shape index (κ1) is 14.3. The summed E-state index contributed by atoms with van der Waals surface area (Å²) in [6.07, 6.45) is 4.85. The maximum Gasteiger partial charge on any atom is 0.139 e. The van der Waals surface area contributed by atoms with Crippen molar-refractivity contribution < 1.29 is 4.74 Å². The fourth-order valence-corrected chi connectivity index (χ4v) is 3.07. The summed E-state index contributed by atoms with van der Waals surface area (Å²) in [4.78, 5) is 0. The Bertz CT molecular complexity index is 470. The normalized spacial score (nSPS) is 22.8. The summed E-state index contributed by atoms with van der Waals surface area (Å²) in [5.74, 6) is 2.13. The van der Waals surface area contributed by atoms with Crippen LogP contribution in [-0.4, -0.2) is 13.7 Å². The highest BCUT2D eigenvalue weighted by molar-refractivity contribution is 6.32. The maximum absolute atomic E-state index is 6.02. The van der Waals surface area contributed by atoms with Crippen molar-refractivity contribution >= 4 is 17.3 Å². The minimum Gasteiger partial charge on any atom is -0.495 e. The first-order chi connectivity index (χ1) is 9.08. The van der Waals surface area contributed by atoms with Crippen LogP contribution in [0.4, 0.5) is 5.69 Å². The molecule has 1 N–H and O–H groups in total. The van der Waals surface area contributed by atoms with Crippen LogP contribution in [0.3, 0.4) is 0 Å². The van der Waals surface area contributed by atoms with Crippen LogP contribution in [0.25, 0.3) is 0 Å². The average molecular weight is 280 g/mol. The van der Waals surface area contributed by atoms with E-state index in [1.807, 2.05) is 18.2 Å². The van der Waals surface area contributed by atoms with E-state index in [-0.39, 0.29) is 0 Å². The molecular weight excluding hydrogens is 258 g/mol. The van der Waals surface area contributed by atoms with Crippen molar-refractivity contribution in [1.82, 2.24) is 0 Å². The van der Waals surface area contributed by atoms with Crippen LogP contribution in [0.1, 0.15) is 26.7 Å². The van der Waals surface area contributed by atoms with Crippen LogP contribution in [-0.2, 0) is 0 Å². The van der Waals surface area contributed by atoms with Gasteiger partial charge < -0.3 is 10.1 Å². The Morgan fingerprint density at radius 2 is 2.21 bits per heavy atom. The minimum absolute atomic E-state index is 0.651. The van der Waals surface area contributed by atoms with Gasteiger partial charge in [0.15, 0.2) is 0 Å². The molecule has 0 saturated carbocycles. The van der Waals surface area contributed by atoms with E-state index >= 15 is 0 Å². The summed E-state index contributed by atoms with van der Waals surface area (Å²) in [6, 6.07) is 5.83. The number of benzene rings is 1. The first-order valence-corrected chi connectivity index (χ1v) is 7.21. The molecule has 0 saturated heterocycles. The fourth-order valence-electron chi connectivity index (χ4n) is 2.87. The lowest BCUT2D eigenvalue weighted by Crippen LogP contribution is -2.20. The third-order valence-electron chi connectivity index (χ3n) is 3.63. The molecule has 2 unspecified atom stereocenters. The second kappa shape index (κ2) is 6.33. The summed E-state index contributed by atoms with van der Waals surface area (Å²) in [6.45, 7) is 5.52. The smallest absolute Gasteiger partial charge is 0.139 e. The number of halogens is 1. The zero-order valence-corrected chi connectivity index (χ0v) is 12.6. The molecule has 1 aromatic rings. The molecule has 1 aliphatic carbocycles. The van der Waals surface area contributed by atoms with Crippen molar-refractivity contribution in [2.45, 2.75) is 26.7 Å². The van der Waals surface area contributed by atoms with Crippen LogP contribution in [0.15, 0.2) is 29.8 Å². The summed E-state index contributed by atoms with van der Waals surface area (Å²) >= 11 is 6.02. The lowest BCUT2D eigenvalue weighted by atomic mass is 9.84. The first-order valence-electron chi connectivity index (χ1n) is 6.83. The standard InChI is InChI=1S/C16H22ClNO/c1-11-6-12(2)8-13(7-11)10-18-14-4-5-15(17)16(9-14)19-3/h4-6,9,11,13,18H,7-8,10H2,1-3H3. The molecule has 0 amide bonds. The molecule has 0 bridgehead atoms. The molecule has 3 heteroatoms. The van der Waals surface area contributed by atoms with E-state index in [9.17, 15) is 0 Å². The van der Waals surface area contributed by atoms with Crippen molar-refractivity contribution in [1.29, 1.82) is 0 Å². The predicted octanol–water partition coefficient (Wildman–Crippen LogP) is 4.75. The summed E-state index contributed by atoms with van der Waals surface area (Å²) < 4.78 is 5.23. The average Bonchev–Trinajstić information content (AvgIpc) is 2.36. The van der Waals surface area contributed by atoms with Crippen LogP contribution in [0.2, 0.25) is 5.02 Å². The molecule has 0 aliphatic heterocycles. The second-order valence-electron chi connectivity index (χ2n) is 5.53. The number of methoxy groups -OCH3 is 1. The number of hydrogen-bond acceptors (Lipinski definition) is 2. The number of anilines is 1. The molecule has 2 atom stereocenters. The van der Waals surface area contributed by atoms with Gasteiger partial charge in [0.05, 0.1) is 12.1 Å². The molecule has 0 heterocycles. The van der Waals surface area contributed by atoms with Crippen LogP contribution >= 0.6 is 11.6 Å². The Kier molecular flexibility index (Phi) is 4.76. The molecule has 2 nitrogen and oxygen atoms in total. The predicted molar refractivity (Wildman–Crippen MR) is 82.1 cm³/mol. The van der Waals surface area contributed by atoms with Crippen molar-refractivity contribution in [2.75, 3.05) is 19.0 Å². The summed E-state index contributed by atoms with van der Waals surface area (Å²) in [7, 11) is 1.64. The molecule has 0 spiro atoms. The van der Waals surface area contributed by atoms with Gasteiger partial charge in [0, 0.05) is 18.3 Å². The molecule has 1 aliphatic rings. The van der Waals surface area contributed by atoms with Crippen LogP contribution in [0.5, 0.6) is 5.75 Å². The largest absolute Gasteiger partial charge is 0.495 e.